The number of carbonyl (C=O) groups is 1. The summed E-state index contributed by atoms with van der Waals surface area (Å²) in [6.07, 6.45) is -0.460. The number of amides is 1. The van der Waals surface area contributed by atoms with Gasteiger partial charge in [0, 0.05) is 12.6 Å². The molecule has 3 N–H and O–H groups in total. The zero-order valence-electron chi connectivity index (χ0n) is 14.1. The number of alkyl carbamates (subject to hydrolysis) is 1. The summed E-state index contributed by atoms with van der Waals surface area (Å²) in [5.74, 6) is 0.821. The molecule has 0 aliphatic carbocycles. The van der Waals surface area contributed by atoms with E-state index in [0.717, 1.165) is 22.1 Å². The van der Waals surface area contributed by atoms with Crippen molar-refractivity contribution in [1.82, 2.24) is 5.32 Å². The Morgan fingerprint density at radius 2 is 1.83 bits per heavy atom. The van der Waals surface area contributed by atoms with E-state index in [9.17, 15) is 4.79 Å². The fraction of sp³-hybridized carbons (Fsp3) is 0.389. The lowest BCUT2D eigenvalue weighted by Crippen LogP contribution is -2.36. The first kappa shape index (κ1) is 17.1. The summed E-state index contributed by atoms with van der Waals surface area (Å²) in [7, 11) is 1.65. The summed E-state index contributed by atoms with van der Waals surface area (Å²) in [5, 5.41) is 4.86. The normalized spacial score (nSPS) is 12.7. The molecule has 0 saturated carbocycles. The van der Waals surface area contributed by atoms with E-state index in [1.54, 1.807) is 7.11 Å². The van der Waals surface area contributed by atoms with Gasteiger partial charge in [-0.3, -0.25) is 0 Å². The largest absolute Gasteiger partial charge is 0.497 e. The molecule has 0 bridgehead atoms. The molecule has 23 heavy (non-hydrogen) atoms. The van der Waals surface area contributed by atoms with Crippen LogP contribution in [0.15, 0.2) is 36.4 Å². The lowest BCUT2D eigenvalue weighted by atomic mass is 10.0. The van der Waals surface area contributed by atoms with E-state index in [-0.39, 0.29) is 6.04 Å². The van der Waals surface area contributed by atoms with Crippen LogP contribution in [-0.4, -0.2) is 25.3 Å². The van der Waals surface area contributed by atoms with Crippen LogP contribution < -0.4 is 15.8 Å². The fourth-order valence-corrected chi connectivity index (χ4v) is 2.23. The smallest absolute Gasteiger partial charge is 0.407 e. The third-order valence-corrected chi connectivity index (χ3v) is 3.36. The van der Waals surface area contributed by atoms with Gasteiger partial charge < -0.3 is 20.5 Å². The molecule has 0 fully saturated rings. The summed E-state index contributed by atoms with van der Waals surface area (Å²) in [6, 6.07) is 11.6. The van der Waals surface area contributed by atoms with E-state index in [1.807, 2.05) is 57.2 Å². The molecule has 0 aromatic heterocycles. The van der Waals surface area contributed by atoms with E-state index in [1.165, 1.54) is 0 Å². The van der Waals surface area contributed by atoms with Crippen molar-refractivity contribution in [2.24, 2.45) is 5.73 Å². The molecule has 0 aliphatic heterocycles. The van der Waals surface area contributed by atoms with Crippen molar-refractivity contribution in [3.05, 3.63) is 42.0 Å². The molecule has 1 atom stereocenters. The number of fused-ring (bicyclic) bond motifs is 1. The highest BCUT2D eigenvalue weighted by atomic mass is 16.6. The van der Waals surface area contributed by atoms with Gasteiger partial charge in [-0.15, -0.1) is 0 Å². The van der Waals surface area contributed by atoms with Crippen molar-refractivity contribution >= 4 is 16.9 Å². The molecule has 0 aliphatic rings. The monoisotopic (exact) mass is 316 g/mol. The van der Waals surface area contributed by atoms with Crippen molar-refractivity contribution in [3.63, 3.8) is 0 Å². The van der Waals surface area contributed by atoms with E-state index >= 15 is 0 Å². The van der Waals surface area contributed by atoms with Crippen LogP contribution in [0.3, 0.4) is 0 Å². The molecule has 1 unspecified atom stereocenters. The summed E-state index contributed by atoms with van der Waals surface area (Å²) in [5.41, 5.74) is 6.60. The number of carbonyl (C=O) groups excluding carboxylic acids is 1. The molecule has 0 radical (unpaired) electrons. The van der Waals surface area contributed by atoms with E-state index < -0.39 is 11.7 Å². The lowest BCUT2D eigenvalue weighted by Gasteiger charge is -2.21. The van der Waals surface area contributed by atoms with Crippen LogP contribution in [0.5, 0.6) is 5.75 Å². The van der Waals surface area contributed by atoms with Crippen LogP contribution in [0, 0.1) is 0 Å². The molecule has 2 aromatic rings. The summed E-state index contributed by atoms with van der Waals surface area (Å²) in [4.78, 5) is 11.7. The van der Waals surface area contributed by atoms with Gasteiger partial charge >= 0.3 is 6.09 Å². The predicted molar refractivity (Wildman–Crippen MR) is 91.7 cm³/mol. The van der Waals surface area contributed by atoms with E-state index in [4.69, 9.17) is 15.2 Å². The third-order valence-electron chi connectivity index (χ3n) is 3.36. The number of benzene rings is 2. The number of methoxy groups -OCH3 is 1. The second-order valence-corrected chi connectivity index (χ2v) is 6.46. The van der Waals surface area contributed by atoms with Gasteiger partial charge in [-0.2, -0.15) is 0 Å². The Kier molecular flexibility index (Phi) is 5.11. The van der Waals surface area contributed by atoms with Crippen molar-refractivity contribution in [1.29, 1.82) is 0 Å². The van der Waals surface area contributed by atoms with Crippen molar-refractivity contribution in [2.45, 2.75) is 32.4 Å². The Balaban J connectivity index is 2.03. The van der Waals surface area contributed by atoms with Crippen LogP contribution in [-0.2, 0) is 4.74 Å². The van der Waals surface area contributed by atoms with E-state index in [2.05, 4.69) is 5.32 Å². The van der Waals surface area contributed by atoms with Crippen LogP contribution in [0.2, 0.25) is 0 Å². The van der Waals surface area contributed by atoms with E-state index in [0.29, 0.717) is 6.54 Å². The predicted octanol–water partition coefficient (Wildman–Crippen LogP) is 3.37. The molecular weight excluding hydrogens is 292 g/mol. The molecule has 0 heterocycles. The minimum absolute atomic E-state index is 0.297. The Morgan fingerprint density at radius 3 is 2.48 bits per heavy atom. The first-order chi connectivity index (χ1) is 10.8. The summed E-state index contributed by atoms with van der Waals surface area (Å²) in [6.45, 7) is 5.79. The summed E-state index contributed by atoms with van der Waals surface area (Å²) < 4.78 is 10.4. The van der Waals surface area contributed by atoms with Crippen molar-refractivity contribution < 1.29 is 14.3 Å². The van der Waals surface area contributed by atoms with Gasteiger partial charge in [-0.1, -0.05) is 18.2 Å². The van der Waals surface area contributed by atoms with Crippen LogP contribution in [0.1, 0.15) is 32.4 Å². The van der Waals surface area contributed by atoms with Gasteiger partial charge in [0.25, 0.3) is 0 Å². The summed E-state index contributed by atoms with van der Waals surface area (Å²) >= 11 is 0. The molecule has 5 nitrogen and oxygen atoms in total. The maximum atomic E-state index is 11.7. The maximum Gasteiger partial charge on any atom is 0.407 e. The molecular formula is C18H24N2O3. The highest BCUT2D eigenvalue weighted by molar-refractivity contribution is 5.84. The number of nitrogens with one attached hydrogen (secondary N) is 1. The van der Waals surface area contributed by atoms with Gasteiger partial charge in [0.05, 0.1) is 7.11 Å². The zero-order chi connectivity index (χ0) is 17.0. The maximum absolute atomic E-state index is 11.7. The van der Waals surface area contributed by atoms with Gasteiger partial charge in [0.1, 0.15) is 11.4 Å². The second-order valence-electron chi connectivity index (χ2n) is 6.46. The number of hydrogen-bond acceptors (Lipinski definition) is 4. The minimum Gasteiger partial charge on any atom is -0.497 e. The molecule has 1 amide bonds. The van der Waals surface area contributed by atoms with Crippen LogP contribution in [0.4, 0.5) is 4.79 Å². The van der Waals surface area contributed by atoms with Gasteiger partial charge in [0.2, 0.25) is 0 Å². The average molecular weight is 316 g/mol. The molecule has 0 spiro atoms. The van der Waals surface area contributed by atoms with Crippen LogP contribution in [0.25, 0.3) is 10.8 Å². The highest BCUT2D eigenvalue weighted by Crippen LogP contribution is 2.23. The third kappa shape index (κ3) is 4.86. The molecule has 2 rings (SSSR count). The lowest BCUT2D eigenvalue weighted by molar-refractivity contribution is 0.0524. The topological polar surface area (TPSA) is 73.6 Å². The quantitative estimate of drug-likeness (QED) is 0.907. The standard InChI is InChI=1S/C18H24N2O3/c1-18(2,3)23-17(21)20-11-16(19)14-6-5-13-10-15(22-4)8-7-12(13)9-14/h5-10,16H,11,19H2,1-4H3,(H,20,21). The number of hydrogen-bond donors (Lipinski definition) is 2. The molecule has 124 valence electrons. The highest BCUT2D eigenvalue weighted by Gasteiger charge is 2.17. The van der Waals surface area contributed by atoms with Crippen LogP contribution >= 0.6 is 0 Å². The molecule has 2 aromatic carbocycles. The Hall–Kier alpha value is -2.27. The minimum atomic E-state index is -0.518. The van der Waals surface area contributed by atoms with Gasteiger partial charge in [0.15, 0.2) is 0 Å². The molecule has 0 saturated heterocycles. The van der Waals surface area contributed by atoms with Gasteiger partial charge in [-0.05, 0) is 55.3 Å². The number of rotatable bonds is 4. The Labute approximate surface area is 136 Å². The number of ether oxygens (including phenoxy) is 2. The van der Waals surface area contributed by atoms with Crippen molar-refractivity contribution in [2.75, 3.05) is 13.7 Å². The Morgan fingerprint density at radius 1 is 1.17 bits per heavy atom. The SMILES string of the molecule is COc1ccc2cc(C(N)CNC(=O)OC(C)(C)C)ccc2c1. The number of nitrogens with two attached hydrogens (primary N) is 1. The second kappa shape index (κ2) is 6.87. The first-order valence-electron chi connectivity index (χ1n) is 7.58. The zero-order valence-corrected chi connectivity index (χ0v) is 14.1. The Bertz CT molecular complexity index is 692. The average Bonchev–Trinajstić information content (AvgIpc) is 2.49. The fourth-order valence-electron chi connectivity index (χ4n) is 2.23. The first-order valence-corrected chi connectivity index (χ1v) is 7.58. The van der Waals surface area contributed by atoms with Gasteiger partial charge in [-0.25, -0.2) is 4.79 Å². The molecule has 5 heteroatoms. The van der Waals surface area contributed by atoms with Crippen molar-refractivity contribution in [3.8, 4) is 5.75 Å².